The van der Waals surface area contributed by atoms with Crippen LogP contribution in [-0.4, -0.2) is 36.1 Å². The van der Waals surface area contributed by atoms with Crippen molar-refractivity contribution < 1.29 is 9.18 Å². The van der Waals surface area contributed by atoms with Crippen LogP contribution < -0.4 is 10.2 Å². The summed E-state index contributed by atoms with van der Waals surface area (Å²) in [7, 11) is 0. The standard InChI is InChI=1S/C26H25ClFN3O/c27-22-18-20(28)10-11-24(22)31-25(32)21-8-4-5-9-23(21)29-26(31)13-16-30(17-14-26)15-12-19-6-2-1-3-7-19/h1-11,18,29H,12-17H2. The number of anilines is 2. The van der Waals surface area contributed by atoms with Gasteiger partial charge in [-0.3, -0.25) is 9.69 Å². The molecule has 5 rings (SSSR count). The SMILES string of the molecule is O=C1c2ccccc2NC2(CCN(CCc3ccccc3)CC2)N1c1ccc(F)cc1Cl. The van der Waals surface area contributed by atoms with Crippen LogP contribution >= 0.6 is 11.6 Å². The Morgan fingerprint density at radius 1 is 0.969 bits per heavy atom. The highest BCUT2D eigenvalue weighted by Crippen LogP contribution is 2.43. The summed E-state index contributed by atoms with van der Waals surface area (Å²) >= 11 is 6.43. The normalized spacial score (nSPS) is 17.8. The number of fused-ring (bicyclic) bond motifs is 1. The minimum atomic E-state index is -0.601. The predicted molar refractivity (Wildman–Crippen MR) is 127 cm³/mol. The first-order valence-corrected chi connectivity index (χ1v) is 11.4. The second-order valence-corrected chi connectivity index (χ2v) is 8.92. The largest absolute Gasteiger partial charge is 0.362 e. The second kappa shape index (κ2) is 8.57. The van der Waals surface area contributed by atoms with Gasteiger partial charge in [0.15, 0.2) is 0 Å². The lowest BCUT2D eigenvalue weighted by Crippen LogP contribution is -2.64. The maximum Gasteiger partial charge on any atom is 0.262 e. The number of nitrogens with one attached hydrogen (secondary N) is 1. The van der Waals surface area contributed by atoms with Gasteiger partial charge in [-0.05, 0) is 42.3 Å². The van der Waals surface area contributed by atoms with Crippen molar-refractivity contribution in [1.82, 2.24) is 4.90 Å². The molecular formula is C26H25ClFN3O. The molecule has 0 atom stereocenters. The van der Waals surface area contributed by atoms with Gasteiger partial charge >= 0.3 is 0 Å². The van der Waals surface area contributed by atoms with Gasteiger partial charge in [0.25, 0.3) is 5.91 Å². The van der Waals surface area contributed by atoms with Crippen LogP contribution in [0.4, 0.5) is 15.8 Å². The Hall–Kier alpha value is -2.89. The molecule has 0 aromatic heterocycles. The second-order valence-electron chi connectivity index (χ2n) is 8.52. The number of halogens is 2. The zero-order valence-electron chi connectivity index (χ0n) is 17.7. The number of carbonyl (C=O) groups is 1. The minimum absolute atomic E-state index is 0.106. The number of carbonyl (C=O) groups excluding carboxylic acids is 1. The van der Waals surface area contributed by atoms with Gasteiger partial charge in [-0.25, -0.2) is 4.39 Å². The molecule has 2 heterocycles. The van der Waals surface area contributed by atoms with Crippen molar-refractivity contribution in [1.29, 1.82) is 0 Å². The van der Waals surface area contributed by atoms with Gasteiger partial charge in [-0.15, -0.1) is 0 Å². The molecule has 2 aliphatic heterocycles. The van der Waals surface area contributed by atoms with Crippen LogP contribution in [0.3, 0.4) is 0 Å². The van der Waals surface area contributed by atoms with E-state index in [1.54, 1.807) is 11.0 Å². The third-order valence-corrected chi connectivity index (χ3v) is 6.85. The molecule has 0 radical (unpaired) electrons. The molecule has 1 N–H and O–H groups in total. The lowest BCUT2D eigenvalue weighted by Gasteiger charge is -2.52. The quantitative estimate of drug-likeness (QED) is 0.564. The van der Waals surface area contributed by atoms with Crippen LogP contribution in [0.15, 0.2) is 72.8 Å². The minimum Gasteiger partial charge on any atom is -0.362 e. The molecule has 3 aromatic rings. The van der Waals surface area contributed by atoms with Gasteiger partial charge in [0.2, 0.25) is 0 Å². The molecule has 4 nitrogen and oxygen atoms in total. The van der Waals surface area contributed by atoms with Crippen LogP contribution in [0, 0.1) is 5.82 Å². The first kappa shape index (κ1) is 21.0. The summed E-state index contributed by atoms with van der Waals surface area (Å²) in [4.78, 5) is 17.8. The number of piperidine rings is 1. The molecule has 1 spiro atoms. The Morgan fingerprint density at radius 2 is 1.69 bits per heavy atom. The molecule has 1 saturated heterocycles. The fourth-order valence-electron chi connectivity index (χ4n) is 4.83. The molecule has 6 heteroatoms. The van der Waals surface area contributed by atoms with E-state index >= 15 is 0 Å². The molecule has 164 valence electrons. The van der Waals surface area contributed by atoms with Crippen LogP contribution in [0.5, 0.6) is 0 Å². The summed E-state index contributed by atoms with van der Waals surface area (Å²) in [5.74, 6) is -0.521. The third kappa shape index (κ3) is 3.87. The van der Waals surface area contributed by atoms with E-state index in [2.05, 4.69) is 34.5 Å². The number of hydrogen-bond donors (Lipinski definition) is 1. The van der Waals surface area contributed by atoms with Gasteiger partial charge in [-0.1, -0.05) is 54.1 Å². The fourth-order valence-corrected chi connectivity index (χ4v) is 5.08. The number of nitrogens with zero attached hydrogens (tertiary/aromatic N) is 2. The van der Waals surface area contributed by atoms with Crippen molar-refractivity contribution in [2.24, 2.45) is 0 Å². The van der Waals surface area contributed by atoms with E-state index in [0.717, 1.165) is 44.6 Å². The van der Waals surface area contributed by atoms with Gasteiger partial charge in [-0.2, -0.15) is 0 Å². The average molecular weight is 450 g/mol. The molecule has 2 aliphatic rings. The molecular weight excluding hydrogens is 425 g/mol. The summed E-state index contributed by atoms with van der Waals surface area (Å²) in [5, 5.41) is 3.89. The van der Waals surface area contributed by atoms with Gasteiger partial charge < -0.3 is 10.2 Å². The lowest BCUT2D eigenvalue weighted by atomic mass is 9.89. The highest BCUT2D eigenvalue weighted by atomic mass is 35.5. The van der Waals surface area contributed by atoms with E-state index in [9.17, 15) is 9.18 Å². The molecule has 1 fully saturated rings. The molecule has 0 unspecified atom stereocenters. The van der Waals surface area contributed by atoms with E-state index in [4.69, 9.17) is 11.6 Å². The van der Waals surface area contributed by atoms with Gasteiger partial charge in [0.1, 0.15) is 11.5 Å². The van der Waals surface area contributed by atoms with Crippen LogP contribution in [0.1, 0.15) is 28.8 Å². The monoisotopic (exact) mass is 449 g/mol. The lowest BCUT2D eigenvalue weighted by molar-refractivity contribution is 0.0909. The fraction of sp³-hybridized carbons (Fsp3) is 0.269. The number of amides is 1. The molecule has 3 aromatic carbocycles. The van der Waals surface area contributed by atoms with Crippen LogP contribution in [0.25, 0.3) is 0 Å². The Bertz CT molecular complexity index is 1130. The number of hydrogen-bond acceptors (Lipinski definition) is 3. The van der Waals surface area contributed by atoms with E-state index < -0.39 is 11.5 Å². The molecule has 0 aliphatic carbocycles. The van der Waals surface area contributed by atoms with E-state index in [0.29, 0.717) is 11.3 Å². The summed E-state index contributed by atoms with van der Waals surface area (Å²) in [5.41, 5.74) is 2.70. The summed E-state index contributed by atoms with van der Waals surface area (Å²) in [6.07, 6.45) is 2.49. The van der Waals surface area contributed by atoms with Crippen LogP contribution in [0.2, 0.25) is 5.02 Å². The Kier molecular flexibility index (Phi) is 5.62. The number of likely N-dealkylation sites (tertiary alicyclic amines) is 1. The topological polar surface area (TPSA) is 35.6 Å². The first-order valence-electron chi connectivity index (χ1n) is 11.0. The number of benzene rings is 3. The van der Waals surface area contributed by atoms with Gasteiger partial charge in [0, 0.05) is 38.2 Å². The zero-order valence-corrected chi connectivity index (χ0v) is 18.5. The summed E-state index contributed by atoms with van der Waals surface area (Å²) in [6.45, 7) is 2.68. The van der Waals surface area contributed by atoms with Crippen molar-refractivity contribution in [2.75, 3.05) is 29.9 Å². The summed E-state index contributed by atoms with van der Waals surface area (Å²) < 4.78 is 13.8. The Labute approximate surface area is 192 Å². The maximum absolute atomic E-state index is 13.8. The first-order chi connectivity index (χ1) is 15.6. The van der Waals surface area contributed by atoms with E-state index in [1.807, 2.05) is 30.3 Å². The van der Waals surface area contributed by atoms with E-state index in [-0.39, 0.29) is 10.9 Å². The highest BCUT2D eigenvalue weighted by molar-refractivity contribution is 6.34. The number of rotatable bonds is 4. The zero-order chi connectivity index (χ0) is 22.1. The predicted octanol–water partition coefficient (Wildman–Crippen LogP) is 5.59. The number of para-hydroxylation sites is 1. The molecule has 0 bridgehead atoms. The van der Waals surface area contributed by atoms with Crippen molar-refractivity contribution in [3.8, 4) is 0 Å². The van der Waals surface area contributed by atoms with Crippen LogP contribution in [-0.2, 0) is 6.42 Å². The highest BCUT2D eigenvalue weighted by Gasteiger charge is 2.47. The Balaban J connectivity index is 1.42. The van der Waals surface area contributed by atoms with Crippen molar-refractivity contribution in [3.05, 3.63) is 94.8 Å². The average Bonchev–Trinajstić information content (AvgIpc) is 2.81. The smallest absolute Gasteiger partial charge is 0.262 e. The molecule has 32 heavy (non-hydrogen) atoms. The van der Waals surface area contributed by atoms with Crippen molar-refractivity contribution in [2.45, 2.75) is 24.9 Å². The third-order valence-electron chi connectivity index (χ3n) is 6.55. The maximum atomic E-state index is 13.8. The van der Waals surface area contributed by atoms with E-state index in [1.165, 1.54) is 17.7 Å². The summed E-state index contributed by atoms with van der Waals surface area (Å²) in [6, 6.07) is 22.3. The Morgan fingerprint density at radius 3 is 2.44 bits per heavy atom. The molecule has 0 saturated carbocycles. The van der Waals surface area contributed by atoms with Crippen molar-refractivity contribution >= 4 is 28.9 Å². The van der Waals surface area contributed by atoms with Gasteiger partial charge in [0.05, 0.1) is 16.3 Å². The van der Waals surface area contributed by atoms with Crippen molar-refractivity contribution in [3.63, 3.8) is 0 Å². The molecule has 1 amide bonds.